The molecule has 0 saturated heterocycles. The molecule has 0 aliphatic carbocycles. The lowest BCUT2D eigenvalue weighted by Crippen LogP contribution is -1.81. The monoisotopic (exact) mass is 216 g/mol. The van der Waals surface area contributed by atoms with Crippen LogP contribution in [0.4, 0.5) is 0 Å². The van der Waals surface area contributed by atoms with Crippen LogP contribution in [0.3, 0.4) is 0 Å². The first kappa shape index (κ1) is 10.3. The molecule has 76 valence electrons. The first-order valence-corrected chi connectivity index (χ1v) is 5.38. The summed E-state index contributed by atoms with van der Waals surface area (Å²) in [5.74, 6) is 0. The Hall–Kier alpha value is -1.27. The zero-order chi connectivity index (χ0) is 10.8. The Morgan fingerprint density at radius 1 is 0.867 bits per heavy atom. The lowest BCUT2D eigenvalue weighted by molar-refractivity contribution is 1.44. The Bertz CT molecular complexity index is 486. The van der Waals surface area contributed by atoms with Gasteiger partial charge in [0.15, 0.2) is 0 Å². The molecule has 15 heavy (non-hydrogen) atoms. The minimum Gasteiger partial charge on any atom is -0.0841 e. The van der Waals surface area contributed by atoms with Crippen molar-refractivity contribution >= 4 is 11.6 Å². The maximum atomic E-state index is 6.00. The maximum Gasteiger partial charge on any atom is 0.0435 e. The van der Waals surface area contributed by atoms with Gasteiger partial charge < -0.3 is 0 Å². The smallest absolute Gasteiger partial charge is 0.0435 e. The van der Waals surface area contributed by atoms with Crippen molar-refractivity contribution in [3.05, 3.63) is 58.6 Å². The second kappa shape index (κ2) is 4.08. The third kappa shape index (κ3) is 2.21. The minimum absolute atomic E-state index is 0.825. The molecule has 0 aliphatic heterocycles. The van der Waals surface area contributed by atoms with Crippen LogP contribution in [0.2, 0.25) is 5.02 Å². The van der Waals surface area contributed by atoms with Gasteiger partial charge in [0.25, 0.3) is 0 Å². The molecule has 1 heteroatoms. The van der Waals surface area contributed by atoms with Crippen molar-refractivity contribution in [2.45, 2.75) is 13.8 Å². The largest absolute Gasteiger partial charge is 0.0841 e. The zero-order valence-electron chi connectivity index (χ0n) is 8.92. The Balaban J connectivity index is 2.50. The van der Waals surface area contributed by atoms with Crippen LogP contribution in [0.5, 0.6) is 0 Å². The predicted octanol–water partition coefficient (Wildman–Crippen LogP) is 4.62. The van der Waals surface area contributed by atoms with Crippen molar-refractivity contribution < 1.29 is 0 Å². The summed E-state index contributed by atoms with van der Waals surface area (Å²) in [5.41, 5.74) is 4.87. The molecule has 0 spiro atoms. The van der Waals surface area contributed by atoms with Gasteiger partial charge in [0.1, 0.15) is 0 Å². The number of rotatable bonds is 1. The highest BCUT2D eigenvalue weighted by molar-refractivity contribution is 6.31. The highest BCUT2D eigenvalue weighted by atomic mass is 35.5. The second-order valence-corrected chi connectivity index (χ2v) is 4.24. The molecule has 0 saturated carbocycles. The topological polar surface area (TPSA) is 0 Å². The molecule has 2 aromatic carbocycles. The minimum atomic E-state index is 0.825. The molecule has 0 fully saturated rings. The number of hydrogen-bond donors (Lipinski definition) is 0. The molecule has 0 radical (unpaired) electrons. The van der Waals surface area contributed by atoms with Crippen molar-refractivity contribution in [3.8, 4) is 11.1 Å². The van der Waals surface area contributed by atoms with Gasteiger partial charge in [0, 0.05) is 5.02 Å². The molecule has 0 amide bonds. The lowest BCUT2D eigenvalue weighted by atomic mass is 10.0. The van der Waals surface area contributed by atoms with Crippen molar-refractivity contribution in [1.29, 1.82) is 0 Å². The van der Waals surface area contributed by atoms with Gasteiger partial charge in [-0.1, -0.05) is 47.5 Å². The van der Waals surface area contributed by atoms with E-state index in [0.717, 1.165) is 10.6 Å². The molecule has 2 aromatic rings. The van der Waals surface area contributed by atoms with Crippen LogP contribution in [-0.2, 0) is 0 Å². The summed E-state index contributed by atoms with van der Waals surface area (Å²) in [6, 6.07) is 14.6. The summed E-state index contributed by atoms with van der Waals surface area (Å²) in [5, 5.41) is 0.825. The molecule has 0 nitrogen and oxygen atoms in total. The lowest BCUT2D eigenvalue weighted by Gasteiger charge is -2.05. The van der Waals surface area contributed by atoms with E-state index in [4.69, 9.17) is 11.6 Å². The summed E-state index contributed by atoms with van der Waals surface area (Å²) in [6.07, 6.45) is 0. The average molecular weight is 217 g/mol. The van der Waals surface area contributed by atoms with Crippen LogP contribution in [-0.4, -0.2) is 0 Å². The van der Waals surface area contributed by atoms with E-state index in [1.807, 2.05) is 13.0 Å². The predicted molar refractivity (Wildman–Crippen MR) is 66.4 cm³/mol. The fraction of sp³-hybridized carbons (Fsp3) is 0.143. The quantitative estimate of drug-likeness (QED) is 0.652. The molecule has 0 unspecified atom stereocenters. The molecule has 0 N–H and O–H groups in total. The highest BCUT2D eigenvalue weighted by Crippen LogP contribution is 2.25. The van der Waals surface area contributed by atoms with Gasteiger partial charge >= 0.3 is 0 Å². The van der Waals surface area contributed by atoms with E-state index >= 15 is 0 Å². The van der Waals surface area contributed by atoms with E-state index in [1.165, 1.54) is 16.7 Å². The zero-order valence-corrected chi connectivity index (χ0v) is 9.68. The number of hydrogen-bond acceptors (Lipinski definition) is 0. The summed E-state index contributed by atoms with van der Waals surface area (Å²) in [7, 11) is 0. The Labute approximate surface area is 95.5 Å². The van der Waals surface area contributed by atoms with Crippen LogP contribution in [0.15, 0.2) is 42.5 Å². The van der Waals surface area contributed by atoms with Gasteiger partial charge in [-0.25, -0.2) is 0 Å². The van der Waals surface area contributed by atoms with E-state index in [9.17, 15) is 0 Å². The third-order valence-corrected chi connectivity index (χ3v) is 2.93. The first-order valence-electron chi connectivity index (χ1n) is 5.00. The average Bonchev–Trinajstić information content (AvgIpc) is 2.22. The fourth-order valence-electron chi connectivity index (χ4n) is 1.65. The standard InChI is InChI=1S/C14H13Cl/c1-10-4-3-5-12(8-10)13-6-7-14(15)11(2)9-13/h3-9H,1-2H3. The van der Waals surface area contributed by atoms with Crippen molar-refractivity contribution in [3.63, 3.8) is 0 Å². The van der Waals surface area contributed by atoms with Crippen LogP contribution in [0.25, 0.3) is 11.1 Å². The van der Waals surface area contributed by atoms with E-state index in [-0.39, 0.29) is 0 Å². The van der Waals surface area contributed by atoms with Crippen LogP contribution < -0.4 is 0 Å². The normalized spacial score (nSPS) is 10.3. The molecule has 0 atom stereocenters. The Morgan fingerprint density at radius 2 is 1.60 bits per heavy atom. The third-order valence-electron chi connectivity index (χ3n) is 2.51. The number of benzene rings is 2. The van der Waals surface area contributed by atoms with Crippen molar-refractivity contribution in [2.75, 3.05) is 0 Å². The molecule has 0 heterocycles. The van der Waals surface area contributed by atoms with E-state index < -0.39 is 0 Å². The van der Waals surface area contributed by atoms with E-state index in [1.54, 1.807) is 0 Å². The molecule has 0 aliphatic rings. The number of halogens is 1. The maximum absolute atomic E-state index is 6.00. The number of aryl methyl sites for hydroxylation is 2. The van der Waals surface area contributed by atoms with Gasteiger partial charge in [0.05, 0.1) is 0 Å². The molecular weight excluding hydrogens is 204 g/mol. The van der Waals surface area contributed by atoms with E-state index in [2.05, 4.69) is 43.3 Å². The highest BCUT2D eigenvalue weighted by Gasteiger charge is 2.00. The molecule has 2 rings (SSSR count). The van der Waals surface area contributed by atoms with Gasteiger partial charge in [-0.3, -0.25) is 0 Å². The first-order chi connectivity index (χ1) is 7.16. The summed E-state index contributed by atoms with van der Waals surface area (Å²) in [6.45, 7) is 4.13. The van der Waals surface area contributed by atoms with Gasteiger partial charge in [-0.2, -0.15) is 0 Å². The summed E-state index contributed by atoms with van der Waals surface area (Å²) in [4.78, 5) is 0. The van der Waals surface area contributed by atoms with Gasteiger partial charge in [-0.05, 0) is 42.7 Å². The SMILES string of the molecule is Cc1cccc(-c2ccc(Cl)c(C)c2)c1. The summed E-state index contributed by atoms with van der Waals surface area (Å²) >= 11 is 6.00. The van der Waals surface area contributed by atoms with Crippen LogP contribution in [0.1, 0.15) is 11.1 Å². The molecule has 0 bridgehead atoms. The Morgan fingerprint density at radius 3 is 2.27 bits per heavy atom. The Kier molecular flexibility index (Phi) is 2.79. The summed E-state index contributed by atoms with van der Waals surface area (Å²) < 4.78 is 0. The van der Waals surface area contributed by atoms with Crippen LogP contribution in [0, 0.1) is 13.8 Å². The second-order valence-electron chi connectivity index (χ2n) is 3.83. The van der Waals surface area contributed by atoms with Crippen molar-refractivity contribution in [2.24, 2.45) is 0 Å². The van der Waals surface area contributed by atoms with Gasteiger partial charge in [-0.15, -0.1) is 0 Å². The fourth-order valence-corrected chi connectivity index (χ4v) is 1.77. The van der Waals surface area contributed by atoms with Crippen LogP contribution >= 0.6 is 11.6 Å². The molecule has 0 aromatic heterocycles. The molecular formula is C14H13Cl. The van der Waals surface area contributed by atoms with Gasteiger partial charge in [0.2, 0.25) is 0 Å². The van der Waals surface area contributed by atoms with E-state index in [0.29, 0.717) is 0 Å². The van der Waals surface area contributed by atoms with Crippen molar-refractivity contribution in [1.82, 2.24) is 0 Å².